The number of anilines is 1. The molecule has 2 rings (SSSR count). The number of hydrogen-bond donors (Lipinski definition) is 1. The summed E-state index contributed by atoms with van der Waals surface area (Å²) in [6.45, 7) is 2.00. The third-order valence-electron chi connectivity index (χ3n) is 3.10. The van der Waals surface area contributed by atoms with Crippen LogP contribution >= 0.6 is 0 Å². The summed E-state index contributed by atoms with van der Waals surface area (Å²) in [7, 11) is 1.30. The number of hydrogen-bond acceptors (Lipinski definition) is 4. The number of aryl methyl sites for hydroxylation is 1. The molecule has 0 atom stereocenters. The van der Waals surface area contributed by atoms with E-state index >= 15 is 0 Å². The number of benzene rings is 2. The molecule has 0 fully saturated rings. The molecule has 110 valence electrons. The smallest absolute Gasteiger partial charge is 0.341 e. The molecule has 0 radical (unpaired) electrons. The van der Waals surface area contributed by atoms with E-state index in [1.165, 1.54) is 19.2 Å². The van der Waals surface area contributed by atoms with Crippen molar-refractivity contribution in [3.8, 4) is 5.75 Å². The topological polar surface area (TPSA) is 61.5 Å². The van der Waals surface area contributed by atoms with Crippen molar-refractivity contribution in [2.45, 2.75) is 13.5 Å². The highest BCUT2D eigenvalue weighted by molar-refractivity contribution is 5.93. The van der Waals surface area contributed by atoms with Gasteiger partial charge >= 0.3 is 5.97 Å². The van der Waals surface area contributed by atoms with Crippen molar-refractivity contribution >= 4 is 11.7 Å². The molecule has 0 aliphatic rings. The molecular formula is C16H16FNO3. The van der Waals surface area contributed by atoms with E-state index in [2.05, 4.69) is 0 Å². The second kappa shape index (κ2) is 6.26. The third-order valence-corrected chi connectivity index (χ3v) is 3.10. The zero-order valence-corrected chi connectivity index (χ0v) is 11.9. The zero-order valence-electron chi connectivity index (χ0n) is 11.9. The van der Waals surface area contributed by atoms with E-state index in [9.17, 15) is 9.18 Å². The van der Waals surface area contributed by atoms with Crippen molar-refractivity contribution in [1.82, 2.24) is 0 Å². The van der Waals surface area contributed by atoms with Crippen LogP contribution < -0.4 is 10.5 Å². The number of nitrogens with two attached hydrogens (primary N) is 1. The van der Waals surface area contributed by atoms with Crippen LogP contribution in [0, 0.1) is 12.7 Å². The van der Waals surface area contributed by atoms with Gasteiger partial charge < -0.3 is 15.2 Å². The molecule has 0 bridgehead atoms. The van der Waals surface area contributed by atoms with E-state index in [1.807, 2.05) is 0 Å². The Hall–Kier alpha value is -2.56. The lowest BCUT2D eigenvalue weighted by atomic mass is 10.1. The quantitative estimate of drug-likeness (QED) is 0.694. The molecule has 0 amide bonds. The summed E-state index contributed by atoms with van der Waals surface area (Å²) in [5.74, 6) is -0.457. The fourth-order valence-electron chi connectivity index (χ4n) is 1.91. The van der Waals surface area contributed by atoms with Crippen LogP contribution in [0.1, 0.15) is 21.5 Å². The van der Waals surface area contributed by atoms with Gasteiger partial charge in [-0.05, 0) is 42.3 Å². The number of carbonyl (C=O) groups is 1. The maximum atomic E-state index is 13.1. The second-order valence-corrected chi connectivity index (χ2v) is 4.61. The summed E-state index contributed by atoms with van der Waals surface area (Å²) >= 11 is 0. The Morgan fingerprint density at radius 3 is 2.67 bits per heavy atom. The highest BCUT2D eigenvalue weighted by Crippen LogP contribution is 2.24. The van der Waals surface area contributed by atoms with E-state index in [0.29, 0.717) is 17.0 Å². The van der Waals surface area contributed by atoms with Crippen LogP contribution in [0.15, 0.2) is 36.4 Å². The van der Waals surface area contributed by atoms with Crippen molar-refractivity contribution in [1.29, 1.82) is 0 Å². The zero-order chi connectivity index (χ0) is 15.4. The molecule has 4 nitrogen and oxygen atoms in total. The Bertz CT molecular complexity index is 671. The minimum Gasteiger partial charge on any atom is -0.488 e. The first-order valence-electron chi connectivity index (χ1n) is 6.37. The number of nitrogen functional groups attached to an aromatic ring is 1. The van der Waals surface area contributed by atoms with Gasteiger partial charge in [-0.15, -0.1) is 0 Å². The highest BCUT2D eigenvalue weighted by atomic mass is 19.1. The molecule has 0 aliphatic carbocycles. The maximum Gasteiger partial charge on any atom is 0.341 e. The molecule has 5 heteroatoms. The van der Waals surface area contributed by atoms with Crippen LogP contribution in [0.25, 0.3) is 0 Å². The lowest BCUT2D eigenvalue weighted by molar-refractivity contribution is 0.0595. The predicted octanol–water partition coefficient (Wildman–Crippen LogP) is 3.08. The normalized spacial score (nSPS) is 10.2. The van der Waals surface area contributed by atoms with Crippen LogP contribution in [-0.2, 0) is 11.3 Å². The Kier molecular flexibility index (Phi) is 4.42. The van der Waals surface area contributed by atoms with E-state index < -0.39 is 5.97 Å². The summed E-state index contributed by atoms with van der Waals surface area (Å²) in [4.78, 5) is 11.7. The fourth-order valence-corrected chi connectivity index (χ4v) is 1.91. The van der Waals surface area contributed by atoms with Crippen LogP contribution in [-0.4, -0.2) is 13.1 Å². The lowest BCUT2D eigenvalue weighted by Gasteiger charge is -2.12. The number of halogens is 1. The first-order chi connectivity index (χ1) is 10.0. The molecule has 0 heterocycles. The molecule has 2 aromatic rings. The monoisotopic (exact) mass is 289 g/mol. The number of rotatable bonds is 4. The van der Waals surface area contributed by atoms with Gasteiger partial charge in [-0.3, -0.25) is 0 Å². The molecule has 0 unspecified atom stereocenters. The standard InChI is InChI=1S/C16H16FNO3/c1-10-7-12(17)4-3-11(10)9-21-15-8-13(18)5-6-14(15)16(19)20-2/h3-8H,9,18H2,1-2H3. The van der Waals surface area contributed by atoms with E-state index in [1.54, 1.807) is 31.2 Å². The van der Waals surface area contributed by atoms with Crippen molar-refractivity contribution in [3.63, 3.8) is 0 Å². The second-order valence-electron chi connectivity index (χ2n) is 4.61. The van der Waals surface area contributed by atoms with Gasteiger partial charge in [0.1, 0.15) is 23.7 Å². The minimum absolute atomic E-state index is 0.208. The molecule has 2 N–H and O–H groups in total. The van der Waals surface area contributed by atoms with E-state index in [-0.39, 0.29) is 12.4 Å². The fraction of sp³-hybridized carbons (Fsp3) is 0.188. The highest BCUT2D eigenvalue weighted by Gasteiger charge is 2.14. The Morgan fingerprint density at radius 2 is 2.00 bits per heavy atom. The Balaban J connectivity index is 2.23. The number of carbonyl (C=O) groups excluding carboxylic acids is 1. The summed E-state index contributed by atoms with van der Waals surface area (Å²) < 4.78 is 23.4. The molecular weight excluding hydrogens is 273 g/mol. The molecule has 0 saturated carbocycles. The summed E-state index contributed by atoms with van der Waals surface area (Å²) in [5, 5.41) is 0. The first-order valence-corrected chi connectivity index (χ1v) is 6.37. The number of ether oxygens (including phenoxy) is 2. The van der Waals surface area contributed by atoms with Crippen molar-refractivity contribution < 1.29 is 18.7 Å². The van der Waals surface area contributed by atoms with Gasteiger partial charge in [0.25, 0.3) is 0 Å². The first kappa shape index (κ1) is 14.8. The molecule has 0 saturated heterocycles. The summed E-state index contributed by atoms with van der Waals surface area (Å²) in [6, 6.07) is 9.15. The predicted molar refractivity (Wildman–Crippen MR) is 77.7 cm³/mol. The van der Waals surface area contributed by atoms with Crippen LogP contribution in [0.3, 0.4) is 0 Å². The average Bonchev–Trinajstić information content (AvgIpc) is 2.45. The molecule has 2 aromatic carbocycles. The van der Waals surface area contributed by atoms with Gasteiger partial charge in [-0.2, -0.15) is 0 Å². The number of esters is 1. The molecule has 21 heavy (non-hydrogen) atoms. The summed E-state index contributed by atoms with van der Waals surface area (Å²) in [6.07, 6.45) is 0. The van der Waals surface area contributed by atoms with Crippen molar-refractivity contribution in [2.24, 2.45) is 0 Å². The van der Waals surface area contributed by atoms with Crippen molar-refractivity contribution in [3.05, 3.63) is 58.9 Å². The lowest BCUT2D eigenvalue weighted by Crippen LogP contribution is -2.07. The SMILES string of the molecule is COC(=O)c1ccc(N)cc1OCc1ccc(F)cc1C. The minimum atomic E-state index is -0.499. The van der Waals surface area contributed by atoms with Gasteiger partial charge in [0.2, 0.25) is 0 Å². The van der Waals surface area contributed by atoms with Gasteiger partial charge in [0, 0.05) is 11.8 Å². The Morgan fingerprint density at radius 1 is 1.24 bits per heavy atom. The Labute approximate surface area is 122 Å². The maximum absolute atomic E-state index is 13.1. The van der Waals surface area contributed by atoms with Crippen LogP contribution in [0.5, 0.6) is 5.75 Å². The number of methoxy groups -OCH3 is 1. The molecule has 0 aromatic heterocycles. The van der Waals surface area contributed by atoms with Crippen LogP contribution in [0.4, 0.5) is 10.1 Å². The van der Waals surface area contributed by atoms with Gasteiger partial charge in [0.15, 0.2) is 0 Å². The molecule has 0 spiro atoms. The van der Waals surface area contributed by atoms with Gasteiger partial charge in [-0.25, -0.2) is 9.18 Å². The van der Waals surface area contributed by atoms with E-state index in [4.69, 9.17) is 15.2 Å². The summed E-state index contributed by atoms with van der Waals surface area (Å²) in [5.41, 5.74) is 8.09. The van der Waals surface area contributed by atoms with Gasteiger partial charge in [-0.1, -0.05) is 6.07 Å². The molecule has 0 aliphatic heterocycles. The third kappa shape index (κ3) is 3.51. The van der Waals surface area contributed by atoms with Crippen molar-refractivity contribution in [2.75, 3.05) is 12.8 Å². The van der Waals surface area contributed by atoms with Crippen LogP contribution in [0.2, 0.25) is 0 Å². The largest absolute Gasteiger partial charge is 0.488 e. The van der Waals surface area contributed by atoms with E-state index in [0.717, 1.165) is 11.1 Å². The van der Waals surface area contributed by atoms with Gasteiger partial charge in [0.05, 0.1) is 7.11 Å². The average molecular weight is 289 g/mol.